The predicted molar refractivity (Wildman–Crippen MR) is 111 cm³/mol. The monoisotopic (exact) mass is 392 g/mol. The van der Waals surface area contributed by atoms with Crippen LogP contribution in [-0.2, 0) is 6.54 Å². The van der Waals surface area contributed by atoms with E-state index in [9.17, 15) is 9.59 Å². The van der Waals surface area contributed by atoms with Gasteiger partial charge >= 0.3 is 5.69 Å². The lowest BCUT2D eigenvalue weighted by molar-refractivity contribution is 0.0991. The van der Waals surface area contributed by atoms with Crippen LogP contribution in [-0.4, -0.2) is 25.5 Å². The van der Waals surface area contributed by atoms with Crippen LogP contribution in [0.3, 0.4) is 0 Å². The summed E-state index contributed by atoms with van der Waals surface area (Å²) in [4.78, 5) is 28.8. The molecule has 2 aromatic carbocycles. The number of hydrogen-bond acceptors (Lipinski definition) is 4. The fourth-order valence-corrected chi connectivity index (χ4v) is 4.37. The summed E-state index contributed by atoms with van der Waals surface area (Å²) in [5.41, 5.74) is 2.18. The van der Waals surface area contributed by atoms with Crippen molar-refractivity contribution in [2.45, 2.75) is 30.3 Å². The molecule has 0 radical (unpaired) electrons. The molecule has 0 aliphatic carbocycles. The van der Waals surface area contributed by atoms with Gasteiger partial charge in [-0.05, 0) is 18.1 Å². The highest BCUT2D eigenvalue weighted by Gasteiger charge is 2.27. The molecule has 142 valence electrons. The number of aromatic amines is 2. The lowest BCUT2D eigenvalue weighted by Crippen LogP contribution is -2.18. The minimum absolute atomic E-state index is 0.0212. The third kappa shape index (κ3) is 3.41. The van der Waals surface area contributed by atoms with Crippen LogP contribution in [0, 0.1) is 0 Å². The Kier molecular flexibility index (Phi) is 5.16. The fraction of sp³-hybridized carbons (Fsp3) is 0.190. The van der Waals surface area contributed by atoms with Crippen LogP contribution in [0.5, 0.6) is 0 Å². The van der Waals surface area contributed by atoms with E-state index in [1.807, 2.05) is 61.5 Å². The SMILES string of the molecule is CCCn1c(S[C@@H](C(=O)c2c[nH]c3ccccc23)c2ccccc2)n[nH]c1=O. The average molecular weight is 392 g/mol. The average Bonchev–Trinajstić information content (AvgIpc) is 3.31. The molecule has 0 saturated carbocycles. The maximum absolute atomic E-state index is 13.5. The van der Waals surface area contributed by atoms with Crippen LogP contribution < -0.4 is 5.69 Å². The van der Waals surface area contributed by atoms with Crippen molar-refractivity contribution in [3.63, 3.8) is 0 Å². The van der Waals surface area contributed by atoms with Crippen LogP contribution in [0.4, 0.5) is 0 Å². The highest BCUT2D eigenvalue weighted by atomic mass is 32.2. The molecule has 0 bridgehead atoms. The van der Waals surface area contributed by atoms with Gasteiger partial charge in [-0.3, -0.25) is 9.36 Å². The molecule has 2 N–H and O–H groups in total. The van der Waals surface area contributed by atoms with Gasteiger partial charge in [0.05, 0.1) is 0 Å². The first kappa shape index (κ1) is 18.3. The van der Waals surface area contributed by atoms with Gasteiger partial charge in [0.2, 0.25) is 0 Å². The van der Waals surface area contributed by atoms with Crippen molar-refractivity contribution in [2.24, 2.45) is 0 Å². The third-order valence-corrected chi connectivity index (χ3v) is 5.83. The summed E-state index contributed by atoms with van der Waals surface area (Å²) >= 11 is 1.30. The van der Waals surface area contributed by atoms with Crippen molar-refractivity contribution in [3.8, 4) is 0 Å². The Bertz CT molecular complexity index is 1160. The smallest absolute Gasteiger partial charge is 0.343 e. The number of ketones is 1. The zero-order chi connectivity index (χ0) is 19.5. The van der Waals surface area contributed by atoms with Crippen molar-refractivity contribution in [2.75, 3.05) is 0 Å². The van der Waals surface area contributed by atoms with E-state index in [-0.39, 0.29) is 11.5 Å². The number of nitrogens with one attached hydrogen (secondary N) is 2. The van der Waals surface area contributed by atoms with E-state index in [0.29, 0.717) is 17.3 Å². The molecule has 0 amide bonds. The molecule has 0 aliphatic heterocycles. The van der Waals surface area contributed by atoms with Gasteiger partial charge in [0.1, 0.15) is 5.25 Å². The van der Waals surface area contributed by atoms with E-state index >= 15 is 0 Å². The number of carbonyl (C=O) groups excluding carboxylic acids is 1. The summed E-state index contributed by atoms with van der Waals surface area (Å²) in [5.74, 6) is -0.0212. The molecule has 0 aliphatic rings. The molecule has 7 heteroatoms. The molecule has 0 unspecified atom stereocenters. The Balaban J connectivity index is 1.76. The van der Waals surface area contributed by atoms with Gasteiger partial charge in [-0.1, -0.05) is 67.2 Å². The maximum atomic E-state index is 13.5. The Hall–Kier alpha value is -3.06. The molecular formula is C21H20N4O2S. The van der Waals surface area contributed by atoms with Crippen LogP contribution in [0.2, 0.25) is 0 Å². The quantitative estimate of drug-likeness (QED) is 0.365. The van der Waals surface area contributed by atoms with E-state index in [1.54, 1.807) is 10.8 Å². The summed E-state index contributed by atoms with van der Waals surface area (Å²) in [5, 5.41) is 7.56. The molecule has 4 aromatic rings. The number of rotatable bonds is 7. The van der Waals surface area contributed by atoms with E-state index < -0.39 is 5.25 Å². The van der Waals surface area contributed by atoms with E-state index in [0.717, 1.165) is 22.9 Å². The van der Waals surface area contributed by atoms with E-state index in [1.165, 1.54) is 11.8 Å². The number of fused-ring (bicyclic) bond motifs is 1. The van der Waals surface area contributed by atoms with Gasteiger partial charge in [0.25, 0.3) is 0 Å². The summed E-state index contributed by atoms with van der Waals surface area (Å²) < 4.78 is 1.59. The number of benzene rings is 2. The first-order valence-electron chi connectivity index (χ1n) is 9.16. The van der Waals surface area contributed by atoms with E-state index in [2.05, 4.69) is 15.2 Å². The van der Waals surface area contributed by atoms with Gasteiger partial charge < -0.3 is 4.98 Å². The molecule has 0 spiro atoms. The molecule has 0 saturated heterocycles. The number of nitrogens with zero attached hydrogens (tertiary/aromatic N) is 2. The minimum Gasteiger partial charge on any atom is -0.360 e. The Morgan fingerprint density at radius 3 is 2.68 bits per heavy atom. The van der Waals surface area contributed by atoms with Gasteiger partial charge in [0, 0.05) is 29.2 Å². The second-order valence-electron chi connectivity index (χ2n) is 6.48. The molecule has 28 heavy (non-hydrogen) atoms. The zero-order valence-electron chi connectivity index (χ0n) is 15.4. The fourth-order valence-electron chi connectivity index (χ4n) is 3.24. The van der Waals surface area contributed by atoms with Crippen LogP contribution in [0.15, 0.2) is 70.7 Å². The molecular weight excluding hydrogens is 372 g/mol. The number of H-pyrrole nitrogens is 2. The van der Waals surface area contributed by atoms with Crippen molar-refractivity contribution in [1.29, 1.82) is 0 Å². The molecule has 6 nitrogen and oxygen atoms in total. The number of hydrogen-bond donors (Lipinski definition) is 2. The molecule has 1 atom stereocenters. The first-order chi connectivity index (χ1) is 13.7. The predicted octanol–water partition coefficient (Wildman–Crippen LogP) is 4.18. The second-order valence-corrected chi connectivity index (χ2v) is 7.56. The first-order valence-corrected chi connectivity index (χ1v) is 10.0. The molecule has 2 aromatic heterocycles. The van der Waals surface area contributed by atoms with Crippen molar-refractivity contribution in [3.05, 3.63) is 82.4 Å². The van der Waals surface area contributed by atoms with Gasteiger partial charge in [0.15, 0.2) is 10.9 Å². The topological polar surface area (TPSA) is 83.5 Å². The molecule has 4 rings (SSSR count). The van der Waals surface area contributed by atoms with Gasteiger partial charge in [-0.15, -0.1) is 5.10 Å². The van der Waals surface area contributed by atoms with E-state index in [4.69, 9.17) is 0 Å². The highest BCUT2D eigenvalue weighted by Crippen LogP contribution is 2.37. The van der Waals surface area contributed by atoms with Crippen LogP contribution >= 0.6 is 11.8 Å². The minimum atomic E-state index is -0.508. The Morgan fingerprint density at radius 1 is 1.14 bits per heavy atom. The summed E-state index contributed by atoms with van der Waals surface area (Å²) in [6.45, 7) is 2.56. The Labute approximate surface area is 166 Å². The summed E-state index contributed by atoms with van der Waals surface area (Å²) in [7, 11) is 0. The number of Topliss-reactive ketones (excluding diaryl/α,β-unsaturated/α-hetero) is 1. The van der Waals surface area contributed by atoms with Crippen molar-refractivity contribution in [1.82, 2.24) is 19.7 Å². The third-order valence-electron chi connectivity index (χ3n) is 4.59. The highest BCUT2D eigenvalue weighted by molar-refractivity contribution is 8.00. The largest absolute Gasteiger partial charge is 0.360 e. The lowest BCUT2D eigenvalue weighted by atomic mass is 10.0. The normalized spacial score (nSPS) is 12.3. The van der Waals surface area contributed by atoms with Crippen molar-refractivity contribution < 1.29 is 4.79 Å². The lowest BCUT2D eigenvalue weighted by Gasteiger charge is -2.15. The van der Waals surface area contributed by atoms with Gasteiger partial charge in [-0.25, -0.2) is 9.89 Å². The standard InChI is InChI=1S/C21H20N4O2S/c1-2-12-25-20(27)23-24-21(25)28-19(14-8-4-3-5-9-14)18(26)16-13-22-17-11-7-6-10-15(16)17/h3-11,13,19,22H,2,12H2,1H3,(H,23,27)/t19-/m1/s1. The second kappa shape index (κ2) is 7.90. The van der Waals surface area contributed by atoms with Crippen LogP contribution in [0.1, 0.15) is 34.5 Å². The van der Waals surface area contributed by atoms with Crippen molar-refractivity contribution >= 4 is 28.4 Å². The maximum Gasteiger partial charge on any atom is 0.343 e. The number of carbonyl (C=O) groups is 1. The number of aromatic nitrogens is 4. The zero-order valence-corrected chi connectivity index (χ0v) is 16.2. The molecule has 2 heterocycles. The van der Waals surface area contributed by atoms with Gasteiger partial charge in [-0.2, -0.15) is 0 Å². The summed E-state index contributed by atoms with van der Waals surface area (Å²) in [6.07, 6.45) is 2.56. The molecule has 0 fully saturated rings. The number of thioether (sulfide) groups is 1. The summed E-state index contributed by atoms with van der Waals surface area (Å²) in [6, 6.07) is 17.3. The number of para-hydroxylation sites is 1. The Morgan fingerprint density at radius 2 is 1.89 bits per heavy atom. The van der Waals surface area contributed by atoms with Crippen LogP contribution in [0.25, 0.3) is 10.9 Å².